The first-order valence-electron chi connectivity index (χ1n) is 7.25. The Morgan fingerprint density at radius 1 is 1.05 bits per heavy atom. The standard InChI is InChI=1S/C17H19N3O/c1-21-17(13-7-10-14-8-3-2-4-9-14)20-16-12-6-5-11-15(16)18-19-20/h2-6,8-9,11-12,17H,7,10,13H2,1H3. The van der Waals surface area contributed by atoms with Gasteiger partial charge in [0.2, 0.25) is 0 Å². The normalized spacial score (nSPS) is 12.6. The maximum Gasteiger partial charge on any atom is 0.152 e. The van der Waals surface area contributed by atoms with Crippen molar-refractivity contribution in [3.63, 3.8) is 0 Å². The molecule has 0 N–H and O–H groups in total. The summed E-state index contributed by atoms with van der Waals surface area (Å²) in [6.07, 6.45) is 2.95. The van der Waals surface area contributed by atoms with Gasteiger partial charge in [-0.1, -0.05) is 47.7 Å². The lowest BCUT2D eigenvalue weighted by atomic mass is 10.1. The van der Waals surface area contributed by atoms with Gasteiger partial charge in [-0.05, 0) is 37.0 Å². The van der Waals surface area contributed by atoms with Gasteiger partial charge in [0.05, 0.1) is 5.52 Å². The first kappa shape index (κ1) is 13.8. The highest BCUT2D eigenvalue weighted by Gasteiger charge is 2.14. The minimum atomic E-state index is -0.0684. The van der Waals surface area contributed by atoms with Crippen LogP contribution in [0.25, 0.3) is 11.0 Å². The first-order valence-corrected chi connectivity index (χ1v) is 7.25. The van der Waals surface area contributed by atoms with Gasteiger partial charge in [0, 0.05) is 7.11 Å². The lowest BCUT2D eigenvalue weighted by molar-refractivity contribution is 0.0275. The third-order valence-corrected chi connectivity index (χ3v) is 3.68. The predicted molar refractivity (Wildman–Crippen MR) is 83.0 cm³/mol. The Hall–Kier alpha value is -2.20. The molecule has 0 spiro atoms. The van der Waals surface area contributed by atoms with Crippen molar-refractivity contribution in [1.29, 1.82) is 0 Å². The van der Waals surface area contributed by atoms with E-state index in [4.69, 9.17) is 4.74 Å². The summed E-state index contributed by atoms with van der Waals surface area (Å²) in [5.41, 5.74) is 3.28. The van der Waals surface area contributed by atoms with E-state index in [-0.39, 0.29) is 6.23 Å². The Labute approximate surface area is 124 Å². The average Bonchev–Trinajstić information content (AvgIpc) is 2.97. The van der Waals surface area contributed by atoms with Gasteiger partial charge in [0.1, 0.15) is 5.52 Å². The van der Waals surface area contributed by atoms with Crippen molar-refractivity contribution in [3.05, 3.63) is 60.2 Å². The number of methoxy groups -OCH3 is 1. The topological polar surface area (TPSA) is 39.9 Å². The van der Waals surface area contributed by atoms with E-state index in [1.54, 1.807) is 7.11 Å². The summed E-state index contributed by atoms with van der Waals surface area (Å²) in [7, 11) is 1.73. The quantitative estimate of drug-likeness (QED) is 0.693. The predicted octanol–water partition coefficient (Wildman–Crippen LogP) is 3.60. The molecule has 4 nitrogen and oxygen atoms in total. The maximum atomic E-state index is 5.60. The van der Waals surface area contributed by atoms with Crippen molar-refractivity contribution in [3.8, 4) is 0 Å². The van der Waals surface area contributed by atoms with Crippen LogP contribution in [0.15, 0.2) is 54.6 Å². The van der Waals surface area contributed by atoms with Crippen LogP contribution in [0.5, 0.6) is 0 Å². The van der Waals surface area contributed by atoms with Crippen LogP contribution in [0.2, 0.25) is 0 Å². The fraction of sp³-hybridized carbons (Fsp3) is 0.294. The molecule has 1 heterocycles. The second kappa shape index (κ2) is 6.50. The van der Waals surface area contributed by atoms with E-state index in [9.17, 15) is 0 Å². The van der Waals surface area contributed by atoms with E-state index in [1.165, 1.54) is 5.56 Å². The number of ether oxygens (including phenoxy) is 1. The highest BCUT2D eigenvalue weighted by Crippen LogP contribution is 2.20. The van der Waals surface area contributed by atoms with Gasteiger partial charge in [-0.2, -0.15) is 0 Å². The number of hydrogen-bond acceptors (Lipinski definition) is 3. The Morgan fingerprint density at radius 3 is 2.62 bits per heavy atom. The highest BCUT2D eigenvalue weighted by atomic mass is 16.5. The number of aromatic nitrogens is 3. The Bertz CT molecular complexity index is 693. The minimum absolute atomic E-state index is 0.0684. The van der Waals surface area contributed by atoms with Gasteiger partial charge in [-0.25, -0.2) is 4.68 Å². The number of hydrogen-bond donors (Lipinski definition) is 0. The van der Waals surface area contributed by atoms with Crippen LogP contribution in [0, 0.1) is 0 Å². The maximum absolute atomic E-state index is 5.60. The summed E-state index contributed by atoms with van der Waals surface area (Å²) in [4.78, 5) is 0. The fourth-order valence-electron chi connectivity index (χ4n) is 2.57. The van der Waals surface area contributed by atoms with E-state index in [2.05, 4.69) is 34.6 Å². The van der Waals surface area contributed by atoms with Gasteiger partial charge in [0.15, 0.2) is 6.23 Å². The summed E-state index contributed by atoms with van der Waals surface area (Å²) >= 11 is 0. The third kappa shape index (κ3) is 3.11. The van der Waals surface area contributed by atoms with E-state index < -0.39 is 0 Å². The molecule has 1 atom stereocenters. The summed E-state index contributed by atoms with van der Waals surface area (Å²) in [6, 6.07) is 18.5. The van der Waals surface area contributed by atoms with Gasteiger partial charge in [0.25, 0.3) is 0 Å². The Morgan fingerprint density at radius 2 is 1.81 bits per heavy atom. The molecule has 0 saturated carbocycles. The molecule has 1 aromatic heterocycles. The lowest BCUT2D eigenvalue weighted by Crippen LogP contribution is -2.13. The Balaban J connectivity index is 1.68. The fourth-order valence-corrected chi connectivity index (χ4v) is 2.57. The minimum Gasteiger partial charge on any atom is -0.360 e. The smallest absolute Gasteiger partial charge is 0.152 e. The van der Waals surface area contributed by atoms with Crippen LogP contribution in [0.3, 0.4) is 0 Å². The monoisotopic (exact) mass is 281 g/mol. The lowest BCUT2D eigenvalue weighted by Gasteiger charge is -2.16. The molecule has 0 bridgehead atoms. The van der Waals surface area contributed by atoms with Gasteiger partial charge >= 0.3 is 0 Å². The molecule has 0 aliphatic heterocycles. The largest absolute Gasteiger partial charge is 0.360 e. The molecule has 3 aromatic rings. The van der Waals surface area contributed by atoms with Crippen molar-refractivity contribution >= 4 is 11.0 Å². The SMILES string of the molecule is COC(CCCc1ccccc1)n1nnc2ccccc21. The molecule has 0 amide bonds. The third-order valence-electron chi connectivity index (χ3n) is 3.68. The zero-order valence-electron chi connectivity index (χ0n) is 12.1. The first-order chi connectivity index (χ1) is 10.4. The molecule has 0 radical (unpaired) electrons. The van der Waals surface area contributed by atoms with Crippen molar-refractivity contribution in [2.45, 2.75) is 25.5 Å². The number of nitrogens with zero attached hydrogens (tertiary/aromatic N) is 3. The molecular formula is C17H19N3O. The van der Waals surface area contributed by atoms with E-state index >= 15 is 0 Å². The zero-order valence-corrected chi connectivity index (χ0v) is 12.1. The summed E-state index contributed by atoms with van der Waals surface area (Å²) in [5, 5.41) is 8.42. The number of fused-ring (bicyclic) bond motifs is 1. The van der Waals surface area contributed by atoms with Crippen LogP contribution in [0.4, 0.5) is 0 Å². The molecule has 0 aliphatic rings. The highest BCUT2D eigenvalue weighted by molar-refractivity contribution is 5.73. The number of para-hydroxylation sites is 1. The van der Waals surface area contributed by atoms with Crippen molar-refractivity contribution in [2.75, 3.05) is 7.11 Å². The number of aryl methyl sites for hydroxylation is 1. The molecule has 0 fully saturated rings. The van der Waals surface area contributed by atoms with E-state index in [0.29, 0.717) is 0 Å². The van der Waals surface area contributed by atoms with E-state index in [0.717, 1.165) is 30.3 Å². The van der Waals surface area contributed by atoms with Crippen LogP contribution in [-0.2, 0) is 11.2 Å². The second-order valence-electron chi connectivity index (χ2n) is 5.09. The van der Waals surface area contributed by atoms with Crippen molar-refractivity contribution < 1.29 is 4.74 Å². The van der Waals surface area contributed by atoms with Crippen LogP contribution in [-0.4, -0.2) is 22.1 Å². The van der Waals surface area contributed by atoms with Gasteiger partial charge < -0.3 is 4.74 Å². The molecule has 1 unspecified atom stereocenters. The molecule has 0 saturated heterocycles. The molecule has 108 valence electrons. The van der Waals surface area contributed by atoms with E-state index in [1.807, 2.05) is 35.0 Å². The van der Waals surface area contributed by atoms with Crippen LogP contribution < -0.4 is 0 Å². The second-order valence-corrected chi connectivity index (χ2v) is 5.09. The van der Waals surface area contributed by atoms with Crippen molar-refractivity contribution in [2.24, 2.45) is 0 Å². The molecule has 3 rings (SSSR count). The number of rotatable bonds is 6. The molecular weight excluding hydrogens is 262 g/mol. The molecule has 21 heavy (non-hydrogen) atoms. The molecule has 4 heteroatoms. The molecule has 2 aromatic carbocycles. The summed E-state index contributed by atoms with van der Waals surface area (Å²) in [6.45, 7) is 0. The number of benzene rings is 2. The van der Waals surface area contributed by atoms with Gasteiger partial charge in [-0.15, -0.1) is 5.10 Å². The summed E-state index contributed by atoms with van der Waals surface area (Å²) < 4.78 is 7.48. The average molecular weight is 281 g/mol. The van der Waals surface area contributed by atoms with Gasteiger partial charge in [-0.3, -0.25) is 0 Å². The van der Waals surface area contributed by atoms with Crippen molar-refractivity contribution in [1.82, 2.24) is 15.0 Å². The van der Waals surface area contributed by atoms with Crippen LogP contribution >= 0.6 is 0 Å². The zero-order chi connectivity index (χ0) is 14.5. The molecule has 0 aliphatic carbocycles. The Kier molecular flexibility index (Phi) is 4.26. The van der Waals surface area contributed by atoms with Crippen LogP contribution in [0.1, 0.15) is 24.6 Å². The summed E-state index contributed by atoms with van der Waals surface area (Å²) in [5.74, 6) is 0.